The maximum absolute atomic E-state index is 12.5. The summed E-state index contributed by atoms with van der Waals surface area (Å²) >= 11 is 5.18. The first kappa shape index (κ1) is 18.3. The van der Waals surface area contributed by atoms with Crippen LogP contribution in [-0.2, 0) is 0 Å². The number of fused-ring (bicyclic) bond motifs is 1. The van der Waals surface area contributed by atoms with Gasteiger partial charge in [0.05, 0.1) is 18.4 Å². The van der Waals surface area contributed by atoms with Gasteiger partial charge in [-0.15, -0.1) is 0 Å². The van der Waals surface area contributed by atoms with Crippen LogP contribution in [0.2, 0.25) is 0 Å². The summed E-state index contributed by atoms with van der Waals surface area (Å²) in [4.78, 5) is 23.6. The molecule has 27 heavy (non-hydrogen) atoms. The Kier molecular flexibility index (Phi) is 5.33. The van der Waals surface area contributed by atoms with Gasteiger partial charge in [-0.05, 0) is 53.3 Å². The number of thiocarbonyl (C=S) groups is 1. The van der Waals surface area contributed by atoms with E-state index >= 15 is 0 Å². The molecule has 3 aromatic rings. The minimum absolute atomic E-state index is 0.0361. The fraction of sp³-hybridized carbons (Fsp3) is 0.0500. The van der Waals surface area contributed by atoms with Gasteiger partial charge in [0.1, 0.15) is 5.75 Å². The standard InChI is InChI=1S/C20H16N2O4S/c1-26-17-9-8-15(19(24)25)11-16(17)21-20(27)22-18(23)14-7-6-12-4-2-3-5-13(12)10-14/h2-11H,1H3,(H,24,25)(H2,21,22,23,27). The molecule has 3 rings (SSSR count). The third-order valence-electron chi connectivity index (χ3n) is 3.93. The Bertz CT molecular complexity index is 1050. The van der Waals surface area contributed by atoms with Crippen LogP contribution in [0.25, 0.3) is 10.8 Å². The zero-order chi connectivity index (χ0) is 19.4. The van der Waals surface area contributed by atoms with Gasteiger partial charge in [0.25, 0.3) is 5.91 Å². The van der Waals surface area contributed by atoms with E-state index in [4.69, 9.17) is 22.1 Å². The number of carbonyl (C=O) groups is 2. The summed E-state index contributed by atoms with van der Waals surface area (Å²) in [5, 5.41) is 16.5. The van der Waals surface area contributed by atoms with Gasteiger partial charge in [0, 0.05) is 5.56 Å². The summed E-state index contributed by atoms with van der Waals surface area (Å²) in [6.45, 7) is 0. The molecule has 0 heterocycles. The fourth-order valence-electron chi connectivity index (χ4n) is 2.60. The van der Waals surface area contributed by atoms with Gasteiger partial charge in [-0.2, -0.15) is 0 Å². The summed E-state index contributed by atoms with van der Waals surface area (Å²) in [5.74, 6) is -1.04. The molecule has 1 amide bonds. The Morgan fingerprint density at radius 3 is 2.37 bits per heavy atom. The Hall–Kier alpha value is -3.45. The molecule has 0 aliphatic heterocycles. The largest absolute Gasteiger partial charge is 0.495 e. The van der Waals surface area contributed by atoms with Gasteiger partial charge in [-0.1, -0.05) is 30.3 Å². The van der Waals surface area contributed by atoms with E-state index in [-0.39, 0.29) is 16.6 Å². The molecule has 3 aromatic carbocycles. The smallest absolute Gasteiger partial charge is 0.335 e. The maximum Gasteiger partial charge on any atom is 0.335 e. The normalized spacial score (nSPS) is 10.3. The van der Waals surface area contributed by atoms with Gasteiger partial charge in [-0.3, -0.25) is 10.1 Å². The van der Waals surface area contributed by atoms with Crippen LogP contribution in [0, 0.1) is 0 Å². The van der Waals surface area contributed by atoms with Crippen molar-refractivity contribution in [2.24, 2.45) is 0 Å². The Balaban J connectivity index is 1.75. The number of benzene rings is 3. The molecule has 0 saturated carbocycles. The van der Waals surface area contributed by atoms with Gasteiger partial charge in [-0.25, -0.2) is 4.79 Å². The second-order valence-corrected chi connectivity index (χ2v) is 6.10. The van der Waals surface area contributed by atoms with Crippen LogP contribution in [0.1, 0.15) is 20.7 Å². The number of hydrogen-bond donors (Lipinski definition) is 3. The van der Waals surface area contributed by atoms with E-state index in [9.17, 15) is 9.59 Å². The molecule has 0 aliphatic rings. The second-order valence-electron chi connectivity index (χ2n) is 5.69. The number of carbonyl (C=O) groups excluding carboxylic acids is 1. The molecule has 0 bridgehead atoms. The van der Waals surface area contributed by atoms with Crippen molar-refractivity contribution in [1.29, 1.82) is 0 Å². The summed E-state index contributed by atoms with van der Waals surface area (Å²) in [6.07, 6.45) is 0. The molecule has 3 N–H and O–H groups in total. The maximum atomic E-state index is 12.5. The SMILES string of the molecule is COc1ccc(C(=O)O)cc1NC(=S)NC(=O)c1ccc2ccccc2c1. The third kappa shape index (κ3) is 4.21. The van der Waals surface area contributed by atoms with Crippen molar-refractivity contribution in [3.8, 4) is 5.75 Å². The second kappa shape index (κ2) is 7.84. The predicted molar refractivity (Wildman–Crippen MR) is 108 cm³/mol. The van der Waals surface area contributed by atoms with Crippen molar-refractivity contribution in [3.63, 3.8) is 0 Å². The van der Waals surface area contributed by atoms with Crippen LogP contribution < -0.4 is 15.4 Å². The highest BCUT2D eigenvalue weighted by Gasteiger charge is 2.13. The average molecular weight is 380 g/mol. The number of hydrogen-bond acceptors (Lipinski definition) is 4. The minimum Gasteiger partial charge on any atom is -0.495 e. The first-order valence-corrected chi connectivity index (χ1v) is 8.41. The van der Waals surface area contributed by atoms with Crippen LogP contribution in [0.5, 0.6) is 5.75 Å². The third-order valence-corrected chi connectivity index (χ3v) is 4.14. The van der Waals surface area contributed by atoms with E-state index in [1.54, 1.807) is 12.1 Å². The highest BCUT2D eigenvalue weighted by Crippen LogP contribution is 2.25. The van der Waals surface area contributed by atoms with Gasteiger partial charge >= 0.3 is 5.97 Å². The van der Waals surface area contributed by atoms with E-state index < -0.39 is 5.97 Å². The highest BCUT2D eigenvalue weighted by molar-refractivity contribution is 7.80. The molecular weight excluding hydrogens is 364 g/mol. The van der Waals surface area contributed by atoms with Crippen molar-refractivity contribution in [3.05, 3.63) is 71.8 Å². The number of aromatic carboxylic acids is 1. The Morgan fingerprint density at radius 2 is 1.67 bits per heavy atom. The molecule has 0 aromatic heterocycles. The summed E-state index contributed by atoms with van der Waals surface area (Å²) in [5.41, 5.74) is 0.882. The molecule has 0 unspecified atom stereocenters. The number of methoxy groups -OCH3 is 1. The van der Waals surface area contributed by atoms with Crippen molar-refractivity contribution in [2.45, 2.75) is 0 Å². The van der Waals surface area contributed by atoms with E-state index in [0.29, 0.717) is 17.0 Å². The summed E-state index contributed by atoms with van der Waals surface area (Å²) < 4.78 is 5.19. The highest BCUT2D eigenvalue weighted by atomic mass is 32.1. The van der Waals surface area contributed by atoms with Gasteiger partial charge in [0.2, 0.25) is 0 Å². The van der Waals surface area contributed by atoms with Crippen LogP contribution >= 0.6 is 12.2 Å². The fourth-order valence-corrected chi connectivity index (χ4v) is 2.80. The number of amides is 1. The van der Waals surface area contributed by atoms with E-state index in [0.717, 1.165) is 10.8 Å². The topological polar surface area (TPSA) is 87.7 Å². The Labute approximate surface area is 160 Å². The first-order chi connectivity index (χ1) is 13.0. The van der Waals surface area contributed by atoms with Crippen LogP contribution in [0.15, 0.2) is 60.7 Å². The zero-order valence-corrected chi connectivity index (χ0v) is 15.2. The van der Waals surface area contributed by atoms with Crippen molar-refractivity contribution >= 4 is 45.7 Å². The molecule has 0 radical (unpaired) electrons. The molecule has 0 aliphatic carbocycles. The number of carboxylic acids is 1. The number of carboxylic acid groups (broad SMARTS) is 1. The lowest BCUT2D eigenvalue weighted by Crippen LogP contribution is -2.34. The number of nitrogens with one attached hydrogen (secondary N) is 2. The minimum atomic E-state index is -1.08. The quantitative estimate of drug-likeness (QED) is 0.599. The lowest BCUT2D eigenvalue weighted by Gasteiger charge is -2.13. The van der Waals surface area contributed by atoms with E-state index in [2.05, 4.69) is 10.6 Å². The molecule has 7 heteroatoms. The summed E-state index contributed by atoms with van der Waals surface area (Å²) in [6, 6.07) is 17.4. The van der Waals surface area contributed by atoms with Crippen molar-refractivity contribution < 1.29 is 19.4 Å². The average Bonchev–Trinajstić information content (AvgIpc) is 2.67. The van der Waals surface area contributed by atoms with Gasteiger partial charge in [0.15, 0.2) is 5.11 Å². The van der Waals surface area contributed by atoms with E-state index in [1.807, 2.05) is 30.3 Å². The molecule has 136 valence electrons. The molecule has 0 atom stereocenters. The van der Waals surface area contributed by atoms with Gasteiger partial charge < -0.3 is 15.2 Å². The van der Waals surface area contributed by atoms with Crippen molar-refractivity contribution in [1.82, 2.24) is 5.32 Å². The molecule has 0 fully saturated rings. The van der Waals surface area contributed by atoms with Crippen molar-refractivity contribution in [2.75, 3.05) is 12.4 Å². The molecule has 0 spiro atoms. The molecular formula is C20H16N2O4S. The predicted octanol–water partition coefficient (Wildman–Crippen LogP) is 3.67. The van der Waals surface area contributed by atoms with Crippen LogP contribution in [0.3, 0.4) is 0 Å². The molecule has 6 nitrogen and oxygen atoms in total. The van der Waals surface area contributed by atoms with Crippen LogP contribution in [0.4, 0.5) is 5.69 Å². The Morgan fingerprint density at radius 1 is 0.963 bits per heavy atom. The molecule has 0 saturated heterocycles. The van der Waals surface area contributed by atoms with Crippen LogP contribution in [-0.4, -0.2) is 29.2 Å². The summed E-state index contributed by atoms with van der Waals surface area (Å²) in [7, 11) is 1.46. The zero-order valence-electron chi connectivity index (χ0n) is 14.4. The number of rotatable bonds is 4. The lowest BCUT2D eigenvalue weighted by molar-refractivity contribution is 0.0696. The first-order valence-electron chi connectivity index (χ1n) is 8.00. The lowest BCUT2D eigenvalue weighted by atomic mass is 10.1. The number of ether oxygens (including phenoxy) is 1. The monoisotopic (exact) mass is 380 g/mol. The number of anilines is 1. The van der Waals surface area contributed by atoms with E-state index in [1.165, 1.54) is 25.3 Å².